The molecule has 29 heavy (non-hydrogen) atoms. The Kier molecular flexibility index (Phi) is 7.12. The number of nitrogens with zero attached hydrogens (tertiary/aromatic N) is 1. The maximum Gasteiger partial charge on any atom is 0.319 e. The molecule has 1 heterocycles. The minimum Gasteiger partial charge on any atom is -0.349 e. The third-order valence-electron chi connectivity index (χ3n) is 5.73. The highest BCUT2D eigenvalue weighted by Gasteiger charge is 2.25. The van der Waals surface area contributed by atoms with E-state index in [2.05, 4.69) is 16.0 Å². The molecular weight excluding hydrogens is 368 g/mol. The van der Waals surface area contributed by atoms with Crippen molar-refractivity contribution in [1.29, 1.82) is 0 Å². The number of nitrogens with one attached hydrogen (secondary N) is 3. The summed E-state index contributed by atoms with van der Waals surface area (Å²) in [6.45, 7) is 5.16. The van der Waals surface area contributed by atoms with Crippen LogP contribution in [0.2, 0.25) is 0 Å². The van der Waals surface area contributed by atoms with E-state index >= 15 is 0 Å². The van der Waals surface area contributed by atoms with Gasteiger partial charge in [-0.2, -0.15) is 0 Å². The molecule has 3 N–H and O–H groups in total. The number of rotatable bonds is 5. The fraction of sp³-hybridized carbons (Fsp3) is 0.591. The smallest absolute Gasteiger partial charge is 0.319 e. The van der Waals surface area contributed by atoms with Crippen molar-refractivity contribution < 1.29 is 14.4 Å². The van der Waals surface area contributed by atoms with Gasteiger partial charge in [0.05, 0.1) is 0 Å². The molecule has 158 valence electrons. The average Bonchev–Trinajstić information content (AvgIpc) is 3.21. The van der Waals surface area contributed by atoms with Crippen LogP contribution in [0.5, 0.6) is 0 Å². The minimum atomic E-state index is -0.262. The molecule has 1 aliphatic carbocycles. The summed E-state index contributed by atoms with van der Waals surface area (Å²) in [6, 6.07) is 7.03. The van der Waals surface area contributed by atoms with Gasteiger partial charge in [-0.05, 0) is 49.9 Å². The standard InChI is InChI=1S/C22H32N4O3/c1-15(2)21(28)26-13-11-19(12-14-26)25-22(29)24-18-9-7-16(8-10-18)20(27)23-17-5-3-4-6-17/h7-10,15,17,19H,3-6,11-14H2,1-2H3,(H,23,27)(H2,24,25,29). The molecule has 1 saturated carbocycles. The first-order valence-corrected chi connectivity index (χ1v) is 10.7. The molecule has 0 radical (unpaired) electrons. The highest BCUT2D eigenvalue weighted by Crippen LogP contribution is 2.19. The highest BCUT2D eigenvalue weighted by atomic mass is 16.2. The third-order valence-corrected chi connectivity index (χ3v) is 5.73. The van der Waals surface area contributed by atoms with E-state index in [1.54, 1.807) is 24.3 Å². The van der Waals surface area contributed by atoms with E-state index in [0.29, 0.717) is 24.3 Å². The molecule has 1 aliphatic heterocycles. The molecular formula is C22H32N4O3. The summed E-state index contributed by atoms with van der Waals surface area (Å²) >= 11 is 0. The number of carbonyl (C=O) groups excluding carboxylic acids is 3. The maximum atomic E-state index is 12.3. The fourth-order valence-corrected chi connectivity index (χ4v) is 4.01. The van der Waals surface area contributed by atoms with Crippen LogP contribution in [0.3, 0.4) is 0 Å². The maximum absolute atomic E-state index is 12.3. The monoisotopic (exact) mass is 400 g/mol. The Bertz CT molecular complexity index is 718. The summed E-state index contributed by atoms with van der Waals surface area (Å²) in [4.78, 5) is 38.5. The summed E-state index contributed by atoms with van der Waals surface area (Å²) < 4.78 is 0. The zero-order valence-electron chi connectivity index (χ0n) is 17.4. The molecule has 2 aliphatic rings. The molecule has 3 rings (SSSR count). The third kappa shape index (κ3) is 5.95. The van der Waals surface area contributed by atoms with E-state index < -0.39 is 0 Å². The van der Waals surface area contributed by atoms with Crippen molar-refractivity contribution in [2.24, 2.45) is 5.92 Å². The number of urea groups is 1. The lowest BCUT2D eigenvalue weighted by Crippen LogP contribution is -2.48. The van der Waals surface area contributed by atoms with Crippen LogP contribution in [-0.2, 0) is 4.79 Å². The molecule has 0 bridgehead atoms. The topological polar surface area (TPSA) is 90.5 Å². The van der Waals surface area contributed by atoms with Crippen LogP contribution in [0.15, 0.2) is 24.3 Å². The van der Waals surface area contributed by atoms with Crippen molar-refractivity contribution >= 4 is 23.5 Å². The van der Waals surface area contributed by atoms with E-state index in [1.165, 1.54) is 12.8 Å². The zero-order chi connectivity index (χ0) is 20.8. The summed E-state index contributed by atoms with van der Waals surface area (Å²) in [5.41, 5.74) is 1.25. The Labute approximate surface area is 172 Å². The lowest BCUT2D eigenvalue weighted by molar-refractivity contribution is -0.135. The van der Waals surface area contributed by atoms with Gasteiger partial charge in [-0.3, -0.25) is 9.59 Å². The van der Waals surface area contributed by atoms with Crippen molar-refractivity contribution in [3.8, 4) is 0 Å². The number of piperidine rings is 1. The van der Waals surface area contributed by atoms with Crippen molar-refractivity contribution in [2.75, 3.05) is 18.4 Å². The Balaban J connectivity index is 1.42. The van der Waals surface area contributed by atoms with Crippen LogP contribution >= 0.6 is 0 Å². The first-order valence-electron chi connectivity index (χ1n) is 10.7. The molecule has 7 heteroatoms. The molecule has 1 aromatic carbocycles. The van der Waals surface area contributed by atoms with Crippen LogP contribution < -0.4 is 16.0 Å². The largest absolute Gasteiger partial charge is 0.349 e. The molecule has 0 atom stereocenters. The predicted molar refractivity (Wildman–Crippen MR) is 113 cm³/mol. The van der Waals surface area contributed by atoms with Crippen LogP contribution in [0, 0.1) is 5.92 Å². The number of amides is 4. The van der Waals surface area contributed by atoms with Gasteiger partial charge in [-0.25, -0.2) is 4.79 Å². The quantitative estimate of drug-likeness (QED) is 0.709. The number of hydrogen-bond acceptors (Lipinski definition) is 3. The van der Waals surface area contributed by atoms with Crippen molar-refractivity contribution in [3.63, 3.8) is 0 Å². The lowest BCUT2D eigenvalue weighted by Gasteiger charge is -2.33. The van der Waals surface area contributed by atoms with E-state index in [-0.39, 0.29) is 35.8 Å². The second-order valence-corrected chi connectivity index (χ2v) is 8.38. The molecule has 0 aromatic heterocycles. The van der Waals surface area contributed by atoms with E-state index in [4.69, 9.17) is 0 Å². The molecule has 2 fully saturated rings. The summed E-state index contributed by atoms with van der Waals surface area (Å²) in [6.07, 6.45) is 5.97. The Morgan fingerprint density at radius 1 is 0.897 bits per heavy atom. The minimum absolute atomic E-state index is 0.00558. The molecule has 1 aromatic rings. The van der Waals surface area contributed by atoms with Gasteiger partial charge in [0.15, 0.2) is 0 Å². The summed E-state index contributed by atoms with van der Waals surface area (Å²) in [7, 11) is 0. The van der Waals surface area contributed by atoms with Crippen LogP contribution in [-0.4, -0.2) is 47.9 Å². The zero-order valence-corrected chi connectivity index (χ0v) is 17.4. The molecule has 7 nitrogen and oxygen atoms in total. The highest BCUT2D eigenvalue weighted by molar-refractivity contribution is 5.95. The predicted octanol–water partition coefficient (Wildman–Crippen LogP) is 3.13. The normalized spacial score (nSPS) is 18.0. The first-order chi connectivity index (χ1) is 13.9. The van der Waals surface area contributed by atoms with Crippen LogP contribution in [0.25, 0.3) is 0 Å². The second kappa shape index (κ2) is 9.76. The molecule has 1 saturated heterocycles. The summed E-state index contributed by atoms with van der Waals surface area (Å²) in [5, 5.41) is 8.85. The Morgan fingerprint density at radius 2 is 1.48 bits per heavy atom. The number of carbonyl (C=O) groups is 3. The van der Waals surface area contributed by atoms with Gasteiger partial charge in [0.1, 0.15) is 0 Å². The number of likely N-dealkylation sites (tertiary alicyclic amines) is 1. The molecule has 0 spiro atoms. The first kappa shape index (κ1) is 21.1. The molecule has 4 amide bonds. The number of anilines is 1. The van der Waals surface area contributed by atoms with Crippen molar-refractivity contribution in [1.82, 2.24) is 15.5 Å². The van der Waals surface area contributed by atoms with Gasteiger partial charge >= 0.3 is 6.03 Å². The van der Waals surface area contributed by atoms with Gasteiger partial charge in [0.2, 0.25) is 5.91 Å². The summed E-state index contributed by atoms with van der Waals surface area (Å²) in [5.74, 6) is 0.117. The fourth-order valence-electron chi connectivity index (χ4n) is 4.01. The van der Waals surface area contributed by atoms with Gasteiger partial charge in [0, 0.05) is 42.3 Å². The lowest BCUT2D eigenvalue weighted by atomic mass is 10.0. The second-order valence-electron chi connectivity index (χ2n) is 8.38. The van der Waals surface area contributed by atoms with E-state index in [9.17, 15) is 14.4 Å². The number of benzene rings is 1. The van der Waals surface area contributed by atoms with Gasteiger partial charge in [-0.15, -0.1) is 0 Å². The van der Waals surface area contributed by atoms with E-state index in [1.807, 2.05) is 18.7 Å². The Hall–Kier alpha value is -2.57. The molecule has 0 unspecified atom stereocenters. The van der Waals surface area contributed by atoms with Crippen molar-refractivity contribution in [3.05, 3.63) is 29.8 Å². The average molecular weight is 401 g/mol. The van der Waals surface area contributed by atoms with Crippen molar-refractivity contribution in [2.45, 2.75) is 64.5 Å². The Morgan fingerprint density at radius 3 is 2.07 bits per heavy atom. The van der Waals surface area contributed by atoms with Gasteiger partial charge in [0.25, 0.3) is 5.91 Å². The van der Waals surface area contributed by atoms with E-state index in [0.717, 1.165) is 25.7 Å². The van der Waals surface area contributed by atoms with Gasteiger partial charge < -0.3 is 20.9 Å². The van der Waals surface area contributed by atoms with Crippen LogP contribution in [0.4, 0.5) is 10.5 Å². The van der Waals surface area contributed by atoms with Gasteiger partial charge in [-0.1, -0.05) is 26.7 Å². The number of hydrogen-bond donors (Lipinski definition) is 3. The van der Waals surface area contributed by atoms with Crippen LogP contribution in [0.1, 0.15) is 62.7 Å². The SMILES string of the molecule is CC(C)C(=O)N1CCC(NC(=O)Nc2ccc(C(=O)NC3CCCC3)cc2)CC1.